The van der Waals surface area contributed by atoms with Gasteiger partial charge in [0, 0.05) is 0 Å². The van der Waals surface area contributed by atoms with E-state index in [-0.39, 0.29) is 6.61 Å². The monoisotopic (exact) mass is 234 g/mol. The lowest BCUT2D eigenvalue weighted by Crippen LogP contribution is -2.03. The first-order valence-electron chi connectivity index (χ1n) is 5.55. The molecular formula is C11H22O3S. The molecule has 90 valence electrons. The van der Waals surface area contributed by atoms with Crippen molar-refractivity contribution in [3.8, 4) is 0 Å². The number of hydrogen-bond acceptors (Lipinski definition) is 3. The van der Waals surface area contributed by atoms with E-state index in [1.54, 1.807) is 0 Å². The predicted molar refractivity (Wildman–Crippen MR) is 63.3 cm³/mol. The molecule has 0 aromatic rings. The molecule has 0 saturated heterocycles. The highest BCUT2D eigenvalue weighted by molar-refractivity contribution is 7.85. The Labute approximate surface area is 93.6 Å². The molecule has 0 aromatic heterocycles. The fraction of sp³-hybridized carbons (Fsp3) is 0.818. The maximum absolute atomic E-state index is 10.6. The minimum absolute atomic E-state index is 0.290. The van der Waals surface area contributed by atoms with Crippen LogP contribution in [-0.4, -0.2) is 21.3 Å². The van der Waals surface area contributed by atoms with Crippen molar-refractivity contribution >= 4 is 10.1 Å². The van der Waals surface area contributed by atoms with E-state index in [9.17, 15) is 8.42 Å². The van der Waals surface area contributed by atoms with E-state index in [1.165, 1.54) is 19.3 Å². The molecule has 0 aromatic carbocycles. The van der Waals surface area contributed by atoms with E-state index in [4.69, 9.17) is 0 Å². The van der Waals surface area contributed by atoms with E-state index in [2.05, 4.69) is 23.3 Å². The fourth-order valence-corrected chi connectivity index (χ4v) is 1.58. The van der Waals surface area contributed by atoms with Crippen molar-refractivity contribution in [3.05, 3.63) is 12.2 Å². The van der Waals surface area contributed by atoms with E-state index in [0.29, 0.717) is 0 Å². The molecule has 3 nitrogen and oxygen atoms in total. The second-order valence-electron chi connectivity index (χ2n) is 3.64. The van der Waals surface area contributed by atoms with Gasteiger partial charge in [-0.25, -0.2) is 0 Å². The standard InChI is InChI=1S/C11H22O3S/c1-3-4-5-6-7-8-9-10-11-14-15(2,12)13/h7-8H,3-6,9-11H2,1-2H3. The molecule has 0 N–H and O–H groups in total. The van der Waals surface area contributed by atoms with Gasteiger partial charge in [-0.1, -0.05) is 31.9 Å². The average Bonchev–Trinajstić information content (AvgIpc) is 2.14. The largest absolute Gasteiger partial charge is 0.270 e. The van der Waals surface area contributed by atoms with Gasteiger partial charge in [0.05, 0.1) is 12.9 Å². The Morgan fingerprint density at radius 1 is 1.07 bits per heavy atom. The topological polar surface area (TPSA) is 43.4 Å². The first-order chi connectivity index (χ1) is 7.06. The Kier molecular flexibility index (Phi) is 8.71. The lowest BCUT2D eigenvalue weighted by molar-refractivity contribution is 0.317. The van der Waals surface area contributed by atoms with Gasteiger partial charge in [0.2, 0.25) is 0 Å². The Morgan fingerprint density at radius 2 is 1.67 bits per heavy atom. The molecule has 0 amide bonds. The van der Waals surface area contributed by atoms with Gasteiger partial charge in [0.15, 0.2) is 0 Å². The van der Waals surface area contributed by atoms with Crippen molar-refractivity contribution in [2.45, 2.75) is 45.4 Å². The third-order valence-corrected chi connectivity index (χ3v) is 2.55. The van der Waals surface area contributed by atoms with Gasteiger partial charge >= 0.3 is 0 Å². The van der Waals surface area contributed by atoms with Crippen molar-refractivity contribution in [2.24, 2.45) is 0 Å². The summed E-state index contributed by atoms with van der Waals surface area (Å²) in [5.74, 6) is 0. The van der Waals surface area contributed by atoms with Gasteiger partial charge in [-0.15, -0.1) is 0 Å². The summed E-state index contributed by atoms with van der Waals surface area (Å²) in [5, 5.41) is 0. The molecule has 0 aliphatic carbocycles. The van der Waals surface area contributed by atoms with Gasteiger partial charge in [-0.2, -0.15) is 8.42 Å². The van der Waals surface area contributed by atoms with Crippen LogP contribution in [0.5, 0.6) is 0 Å². The van der Waals surface area contributed by atoms with Crippen LogP contribution in [0.4, 0.5) is 0 Å². The van der Waals surface area contributed by atoms with Gasteiger partial charge in [0.1, 0.15) is 0 Å². The molecule has 0 unspecified atom stereocenters. The average molecular weight is 234 g/mol. The summed E-state index contributed by atoms with van der Waals surface area (Å²) in [4.78, 5) is 0. The molecule has 0 fully saturated rings. The van der Waals surface area contributed by atoms with Gasteiger partial charge in [0.25, 0.3) is 10.1 Å². The quantitative estimate of drug-likeness (QED) is 0.350. The second kappa shape index (κ2) is 8.92. The Morgan fingerprint density at radius 3 is 2.20 bits per heavy atom. The number of hydrogen-bond donors (Lipinski definition) is 0. The molecule has 0 aliphatic heterocycles. The van der Waals surface area contributed by atoms with E-state index in [1.807, 2.05) is 0 Å². The van der Waals surface area contributed by atoms with Crippen molar-refractivity contribution in [1.29, 1.82) is 0 Å². The molecule has 0 heterocycles. The first-order valence-corrected chi connectivity index (χ1v) is 7.37. The van der Waals surface area contributed by atoms with Crippen molar-refractivity contribution in [2.75, 3.05) is 12.9 Å². The molecule has 4 heteroatoms. The van der Waals surface area contributed by atoms with Gasteiger partial charge in [-0.05, 0) is 25.7 Å². The normalized spacial score (nSPS) is 12.4. The molecule has 0 bridgehead atoms. The lowest BCUT2D eigenvalue weighted by Gasteiger charge is -1.98. The molecule has 0 radical (unpaired) electrons. The SMILES string of the molecule is CCCCCC=CCCCOS(C)(=O)=O. The summed E-state index contributed by atoms with van der Waals surface area (Å²) in [7, 11) is -3.25. The number of rotatable bonds is 9. The summed E-state index contributed by atoms with van der Waals surface area (Å²) >= 11 is 0. The van der Waals surface area contributed by atoms with Crippen LogP contribution in [0.25, 0.3) is 0 Å². The van der Waals surface area contributed by atoms with Crippen molar-refractivity contribution < 1.29 is 12.6 Å². The molecule has 0 spiro atoms. The van der Waals surface area contributed by atoms with Crippen LogP contribution in [0.3, 0.4) is 0 Å². The summed E-state index contributed by atoms with van der Waals surface area (Å²) in [6.07, 6.45) is 11.9. The highest BCUT2D eigenvalue weighted by atomic mass is 32.2. The molecule has 0 atom stereocenters. The highest BCUT2D eigenvalue weighted by Gasteiger charge is 1.98. The smallest absolute Gasteiger partial charge is 0.264 e. The van der Waals surface area contributed by atoms with Crippen LogP contribution in [-0.2, 0) is 14.3 Å². The van der Waals surface area contributed by atoms with E-state index >= 15 is 0 Å². The number of unbranched alkanes of at least 4 members (excludes halogenated alkanes) is 4. The Balaban J connectivity index is 3.24. The molecular weight excluding hydrogens is 212 g/mol. The van der Waals surface area contributed by atoms with E-state index < -0.39 is 10.1 Å². The minimum atomic E-state index is -3.25. The molecule has 15 heavy (non-hydrogen) atoms. The van der Waals surface area contributed by atoms with Crippen LogP contribution in [0.15, 0.2) is 12.2 Å². The maximum Gasteiger partial charge on any atom is 0.264 e. The van der Waals surface area contributed by atoms with Crippen LogP contribution < -0.4 is 0 Å². The third-order valence-electron chi connectivity index (χ3n) is 1.95. The second-order valence-corrected chi connectivity index (χ2v) is 5.28. The Bertz CT molecular complexity index is 255. The van der Waals surface area contributed by atoms with Crippen molar-refractivity contribution in [3.63, 3.8) is 0 Å². The maximum atomic E-state index is 10.6. The van der Waals surface area contributed by atoms with Crippen LogP contribution in [0.2, 0.25) is 0 Å². The fourth-order valence-electron chi connectivity index (χ4n) is 1.16. The molecule has 0 rings (SSSR count). The molecule has 0 saturated carbocycles. The van der Waals surface area contributed by atoms with Crippen molar-refractivity contribution in [1.82, 2.24) is 0 Å². The number of allylic oxidation sites excluding steroid dienone is 2. The summed E-state index contributed by atoms with van der Waals surface area (Å²) in [5.41, 5.74) is 0. The summed E-state index contributed by atoms with van der Waals surface area (Å²) in [6.45, 7) is 2.48. The third kappa shape index (κ3) is 13.7. The zero-order valence-electron chi connectivity index (χ0n) is 9.74. The molecule has 0 aliphatic rings. The highest BCUT2D eigenvalue weighted by Crippen LogP contribution is 2.01. The minimum Gasteiger partial charge on any atom is -0.270 e. The van der Waals surface area contributed by atoms with Gasteiger partial charge in [-0.3, -0.25) is 4.18 Å². The summed E-state index contributed by atoms with van der Waals surface area (Å²) in [6, 6.07) is 0. The summed E-state index contributed by atoms with van der Waals surface area (Å²) < 4.78 is 25.8. The predicted octanol–water partition coefficient (Wildman–Crippen LogP) is 2.88. The van der Waals surface area contributed by atoms with Crippen LogP contribution >= 0.6 is 0 Å². The van der Waals surface area contributed by atoms with Gasteiger partial charge < -0.3 is 0 Å². The lowest BCUT2D eigenvalue weighted by atomic mass is 10.2. The Hall–Kier alpha value is -0.350. The van der Waals surface area contributed by atoms with E-state index in [0.717, 1.165) is 25.5 Å². The first kappa shape index (κ1) is 14.6. The zero-order valence-corrected chi connectivity index (χ0v) is 10.6. The van der Waals surface area contributed by atoms with Crippen LogP contribution in [0, 0.1) is 0 Å². The van der Waals surface area contributed by atoms with Crippen LogP contribution in [0.1, 0.15) is 45.4 Å². The zero-order chi connectivity index (χ0) is 11.6.